The van der Waals surface area contributed by atoms with E-state index in [9.17, 15) is 0 Å². The lowest BCUT2D eigenvalue weighted by molar-refractivity contribution is 0.314. The summed E-state index contributed by atoms with van der Waals surface area (Å²) in [4.78, 5) is 4.67. The SMILES string of the molecule is CN(CC1CCCN1C)c1c(Cl)cccc1CN. The fourth-order valence-corrected chi connectivity index (χ4v) is 3.11. The Bertz CT molecular complexity index is 408. The number of rotatable bonds is 4. The van der Waals surface area contributed by atoms with Crippen molar-refractivity contribution in [2.45, 2.75) is 25.4 Å². The van der Waals surface area contributed by atoms with Gasteiger partial charge in [-0.05, 0) is 38.1 Å². The highest BCUT2D eigenvalue weighted by atomic mass is 35.5. The van der Waals surface area contributed by atoms with Crippen LogP contribution in [0.2, 0.25) is 5.02 Å². The fourth-order valence-electron chi connectivity index (χ4n) is 2.77. The largest absolute Gasteiger partial charge is 0.372 e. The molecule has 2 rings (SSSR count). The fraction of sp³-hybridized carbons (Fsp3) is 0.571. The van der Waals surface area contributed by atoms with Gasteiger partial charge < -0.3 is 15.5 Å². The molecule has 0 bridgehead atoms. The second kappa shape index (κ2) is 5.91. The van der Waals surface area contributed by atoms with Crippen LogP contribution in [0, 0.1) is 0 Å². The molecule has 1 saturated heterocycles. The number of likely N-dealkylation sites (tertiary alicyclic amines) is 1. The molecule has 18 heavy (non-hydrogen) atoms. The van der Waals surface area contributed by atoms with Gasteiger partial charge in [0, 0.05) is 26.2 Å². The van der Waals surface area contributed by atoms with Crippen molar-refractivity contribution in [3.8, 4) is 0 Å². The van der Waals surface area contributed by atoms with Gasteiger partial charge in [0.25, 0.3) is 0 Å². The zero-order chi connectivity index (χ0) is 13.1. The summed E-state index contributed by atoms with van der Waals surface area (Å²) in [7, 11) is 4.30. The summed E-state index contributed by atoms with van der Waals surface area (Å²) < 4.78 is 0. The lowest BCUT2D eigenvalue weighted by Crippen LogP contribution is -2.37. The number of anilines is 1. The molecule has 0 amide bonds. The Hall–Kier alpha value is -0.770. The van der Waals surface area contributed by atoms with Gasteiger partial charge in [0.15, 0.2) is 0 Å². The predicted molar refractivity (Wildman–Crippen MR) is 78.3 cm³/mol. The molecule has 1 aliphatic rings. The van der Waals surface area contributed by atoms with Gasteiger partial charge >= 0.3 is 0 Å². The number of hydrogen-bond acceptors (Lipinski definition) is 3. The first-order valence-electron chi connectivity index (χ1n) is 6.52. The van der Waals surface area contributed by atoms with Crippen LogP contribution in [0.1, 0.15) is 18.4 Å². The first-order valence-corrected chi connectivity index (χ1v) is 6.90. The molecule has 0 aromatic heterocycles. The third-order valence-corrected chi connectivity index (χ3v) is 4.13. The number of para-hydroxylation sites is 1. The highest BCUT2D eigenvalue weighted by molar-refractivity contribution is 6.33. The van der Waals surface area contributed by atoms with Gasteiger partial charge in [-0.25, -0.2) is 0 Å². The molecule has 1 heterocycles. The van der Waals surface area contributed by atoms with E-state index < -0.39 is 0 Å². The smallest absolute Gasteiger partial charge is 0.0642 e. The standard InChI is InChI=1S/C14H22ClN3/c1-17-8-4-6-12(17)10-18(2)14-11(9-16)5-3-7-13(14)15/h3,5,7,12H,4,6,8-10,16H2,1-2H3. The highest BCUT2D eigenvalue weighted by Gasteiger charge is 2.23. The van der Waals surface area contributed by atoms with Crippen LogP contribution in [-0.2, 0) is 6.54 Å². The van der Waals surface area contributed by atoms with Crippen LogP contribution < -0.4 is 10.6 Å². The van der Waals surface area contributed by atoms with E-state index in [1.807, 2.05) is 12.1 Å². The van der Waals surface area contributed by atoms with Crippen LogP contribution in [-0.4, -0.2) is 38.1 Å². The summed E-state index contributed by atoms with van der Waals surface area (Å²) >= 11 is 6.31. The number of benzene rings is 1. The minimum Gasteiger partial charge on any atom is -0.372 e. The number of halogens is 1. The monoisotopic (exact) mass is 267 g/mol. The average Bonchev–Trinajstić information content (AvgIpc) is 2.74. The highest BCUT2D eigenvalue weighted by Crippen LogP contribution is 2.30. The lowest BCUT2D eigenvalue weighted by atomic mass is 10.1. The number of nitrogens with zero attached hydrogens (tertiary/aromatic N) is 2. The summed E-state index contributed by atoms with van der Waals surface area (Å²) in [6.07, 6.45) is 2.56. The van der Waals surface area contributed by atoms with Crippen molar-refractivity contribution in [3.05, 3.63) is 28.8 Å². The minimum atomic E-state index is 0.529. The van der Waals surface area contributed by atoms with E-state index >= 15 is 0 Å². The Labute approximate surface area is 115 Å². The predicted octanol–water partition coefficient (Wildman–Crippen LogP) is 2.33. The van der Waals surface area contributed by atoms with Gasteiger partial charge in [0.1, 0.15) is 0 Å². The average molecular weight is 268 g/mol. The molecule has 4 heteroatoms. The van der Waals surface area contributed by atoms with E-state index in [0.29, 0.717) is 12.6 Å². The molecule has 1 aliphatic heterocycles. The Morgan fingerprint density at radius 1 is 1.50 bits per heavy atom. The quantitative estimate of drug-likeness (QED) is 0.909. The van der Waals surface area contributed by atoms with E-state index in [2.05, 4.69) is 30.0 Å². The molecule has 0 radical (unpaired) electrons. The zero-order valence-corrected chi connectivity index (χ0v) is 12.0. The van der Waals surface area contributed by atoms with Crippen LogP contribution in [0.5, 0.6) is 0 Å². The summed E-state index contributed by atoms with van der Waals surface area (Å²) in [6, 6.07) is 6.57. The molecule has 1 unspecified atom stereocenters. The molecule has 1 atom stereocenters. The third-order valence-electron chi connectivity index (χ3n) is 3.83. The number of nitrogens with two attached hydrogens (primary N) is 1. The number of hydrogen-bond donors (Lipinski definition) is 1. The van der Waals surface area contributed by atoms with Gasteiger partial charge in [0.2, 0.25) is 0 Å². The van der Waals surface area contributed by atoms with Gasteiger partial charge in [-0.2, -0.15) is 0 Å². The Kier molecular flexibility index (Phi) is 4.49. The molecule has 0 saturated carbocycles. The van der Waals surface area contributed by atoms with E-state index in [0.717, 1.165) is 22.8 Å². The molecule has 100 valence electrons. The summed E-state index contributed by atoms with van der Waals surface area (Å²) in [6.45, 7) is 2.73. The van der Waals surface area contributed by atoms with E-state index in [1.54, 1.807) is 0 Å². The maximum absolute atomic E-state index is 6.31. The molecule has 1 fully saturated rings. The normalized spacial score (nSPS) is 20.3. The van der Waals surface area contributed by atoms with Crippen molar-refractivity contribution in [1.29, 1.82) is 0 Å². The molecule has 1 aromatic rings. The van der Waals surface area contributed by atoms with Crippen molar-refractivity contribution < 1.29 is 0 Å². The first kappa shape index (κ1) is 13.7. The molecular weight excluding hydrogens is 246 g/mol. The maximum atomic E-state index is 6.31. The Morgan fingerprint density at radius 2 is 2.28 bits per heavy atom. The van der Waals surface area contributed by atoms with Crippen LogP contribution in [0.25, 0.3) is 0 Å². The van der Waals surface area contributed by atoms with Crippen LogP contribution in [0.15, 0.2) is 18.2 Å². The zero-order valence-electron chi connectivity index (χ0n) is 11.2. The maximum Gasteiger partial charge on any atom is 0.0642 e. The van der Waals surface area contributed by atoms with Gasteiger partial charge in [0.05, 0.1) is 10.7 Å². The topological polar surface area (TPSA) is 32.5 Å². The second-order valence-electron chi connectivity index (χ2n) is 5.11. The van der Waals surface area contributed by atoms with Crippen LogP contribution >= 0.6 is 11.6 Å². The van der Waals surface area contributed by atoms with E-state index in [-0.39, 0.29) is 0 Å². The summed E-state index contributed by atoms with van der Waals surface area (Å²) in [5, 5.41) is 0.793. The Balaban J connectivity index is 2.15. The van der Waals surface area contributed by atoms with Crippen molar-refractivity contribution in [2.24, 2.45) is 5.73 Å². The lowest BCUT2D eigenvalue weighted by Gasteiger charge is -2.29. The molecular formula is C14H22ClN3. The van der Waals surface area contributed by atoms with Gasteiger partial charge in [-0.1, -0.05) is 23.7 Å². The van der Waals surface area contributed by atoms with E-state index in [1.165, 1.54) is 19.4 Å². The molecule has 1 aromatic carbocycles. The van der Waals surface area contributed by atoms with E-state index in [4.69, 9.17) is 17.3 Å². The molecule has 3 nitrogen and oxygen atoms in total. The van der Waals surface area contributed by atoms with Gasteiger partial charge in [-0.3, -0.25) is 0 Å². The Morgan fingerprint density at radius 3 is 2.89 bits per heavy atom. The first-order chi connectivity index (χ1) is 8.63. The van der Waals surface area contributed by atoms with Crippen molar-refractivity contribution in [1.82, 2.24) is 4.90 Å². The second-order valence-corrected chi connectivity index (χ2v) is 5.52. The van der Waals surface area contributed by atoms with Crippen molar-refractivity contribution >= 4 is 17.3 Å². The summed E-state index contributed by atoms with van der Waals surface area (Å²) in [5.74, 6) is 0. The minimum absolute atomic E-state index is 0.529. The van der Waals surface area contributed by atoms with Crippen LogP contribution in [0.4, 0.5) is 5.69 Å². The summed E-state index contributed by atoms with van der Waals surface area (Å²) in [5.41, 5.74) is 8.00. The molecule has 0 aliphatic carbocycles. The third kappa shape index (κ3) is 2.79. The van der Waals surface area contributed by atoms with Crippen LogP contribution in [0.3, 0.4) is 0 Å². The van der Waals surface area contributed by atoms with Gasteiger partial charge in [-0.15, -0.1) is 0 Å². The van der Waals surface area contributed by atoms with Crippen molar-refractivity contribution in [2.75, 3.05) is 32.1 Å². The molecule has 0 spiro atoms. The molecule has 2 N–H and O–H groups in total. The van der Waals surface area contributed by atoms with Crippen molar-refractivity contribution in [3.63, 3.8) is 0 Å². The number of likely N-dealkylation sites (N-methyl/N-ethyl adjacent to an activating group) is 2.